The summed E-state index contributed by atoms with van der Waals surface area (Å²) in [5.74, 6) is 0.208. The second-order valence-corrected chi connectivity index (χ2v) is 6.98. The predicted octanol–water partition coefficient (Wildman–Crippen LogP) is 5.09. The van der Waals surface area contributed by atoms with Crippen LogP contribution in [0.3, 0.4) is 0 Å². The van der Waals surface area contributed by atoms with E-state index in [0.29, 0.717) is 28.4 Å². The molecule has 0 aliphatic rings. The zero-order valence-electron chi connectivity index (χ0n) is 16.8. The molecule has 5 nitrogen and oxygen atoms in total. The Hall–Kier alpha value is -2.73. The van der Waals surface area contributed by atoms with Crippen LogP contribution in [-0.2, 0) is 6.42 Å². The Bertz CT molecular complexity index is 909. The zero-order valence-corrected chi connectivity index (χ0v) is 17.7. The van der Waals surface area contributed by atoms with Crippen LogP contribution in [0.4, 0.5) is 11.4 Å². The third kappa shape index (κ3) is 4.22. The first kappa shape index (κ1) is 21.6. The molecule has 28 heavy (non-hydrogen) atoms. The Morgan fingerprint density at radius 1 is 1.07 bits per heavy atom. The van der Waals surface area contributed by atoms with Crippen molar-refractivity contribution in [3.8, 4) is 17.2 Å². The molecule has 0 aliphatic carbocycles. The van der Waals surface area contributed by atoms with Crippen molar-refractivity contribution in [1.82, 2.24) is 0 Å². The third-order valence-corrected chi connectivity index (χ3v) is 4.93. The van der Waals surface area contributed by atoms with Crippen LogP contribution in [0.5, 0.6) is 17.2 Å². The van der Waals surface area contributed by atoms with Crippen molar-refractivity contribution >= 4 is 29.7 Å². The number of hydrogen-bond donors (Lipinski definition) is 4. The van der Waals surface area contributed by atoms with Crippen LogP contribution >= 0.6 is 12.6 Å². The Labute approximate surface area is 172 Å². The predicted molar refractivity (Wildman–Crippen MR) is 120 cm³/mol. The maximum atomic E-state index is 10.5. The third-order valence-electron chi connectivity index (χ3n) is 4.73. The van der Waals surface area contributed by atoms with Crippen molar-refractivity contribution in [2.24, 2.45) is 0 Å². The summed E-state index contributed by atoms with van der Waals surface area (Å²) >= 11 is 4.47. The summed E-state index contributed by atoms with van der Waals surface area (Å²) in [6, 6.07) is 8.36. The van der Waals surface area contributed by atoms with Crippen molar-refractivity contribution in [1.29, 1.82) is 0 Å². The molecule has 3 N–H and O–H groups in total. The number of aryl methyl sites for hydroxylation is 1. The molecule has 0 saturated heterocycles. The fourth-order valence-corrected chi connectivity index (χ4v) is 3.29. The first-order chi connectivity index (χ1) is 13.2. The molecule has 0 heterocycles. The number of hydrogen-bond acceptors (Lipinski definition) is 6. The van der Waals surface area contributed by atoms with Gasteiger partial charge in [-0.05, 0) is 50.1 Å². The van der Waals surface area contributed by atoms with Crippen LogP contribution in [0.25, 0.3) is 5.70 Å². The lowest BCUT2D eigenvalue weighted by Gasteiger charge is -2.29. The van der Waals surface area contributed by atoms with Gasteiger partial charge in [-0.15, -0.1) is 12.6 Å². The summed E-state index contributed by atoms with van der Waals surface area (Å²) in [4.78, 5) is 3.72. The molecule has 0 spiro atoms. The number of nitrogens with zero attached hydrogens (tertiary/aromatic N) is 2. The highest BCUT2D eigenvalue weighted by Crippen LogP contribution is 2.40. The van der Waals surface area contributed by atoms with E-state index in [0.717, 1.165) is 17.8 Å². The number of anilines is 2. The van der Waals surface area contributed by atoms with Gasteiger partial charge in [-0.3, -0.25) is 0 Å². The molecule has 0 atom stereocenters. The molecular formula is C22H28N2O3S. The Morgan fingerprint density at radius 2 is 1.75 bits per heavy atom. The van der Waals surface area contributed by atoms with Gasteiger partial charge in [-0.25, -0.2) is 0 Å². The van der Waals surface area contributed by atoms with Crippen molar-refractivity contribution in [3.63, 3.8) is 0 Å². The van der Waals surface area contributed by atoms with Crippen LogP contribution in [-0.4, -0.2) is 28.9 Å². The van der Waals surface area contributed by atoms with Gasteiger partial charge >= 0.3 is 0 Å². The highest BCUT2D eigenvalue weighted by atomic mass is 32.1. The highest BCUT2D eigenvalue weighted by molar-refractivity contribution is 7.84. The highest BCUT2D eigenvalue weighted by Gasteiger charge is 2.21. The van der Waals surface area contributed by atoms with E-state index in [4.69, 9.17) is 0 Å². The largest absolute Gasteiger partial charge is 0.508 e. The molecule has 0 fully saturated rings. The SMILES string of the molecule is C=C(S)N(/C(=C\C)c1cc(CC)c(O)cc1O)c1ccc(O)c(N(C)CC)c1. The van der Waals surface area contributed by atoms with E-state index in [-0.39, 0.29) is 17.2 Å². The standard InChI is InChI=1S/C22H28N2O3S/c1-6-15-11-17(22(27)13-21(15)26)18(7-2)24(14(4)28)16-9-10-20(25)19(12-16)23(5)8-3/h7,9-13,25-28H,4,6,8H2,1-3,5H3/b18-7-. The van der Waals surface area contributed by atoms with Crippen molar-refractivity contribution < 1.29 is 15.3 Å². The molecule has 2 aromatic rings. The fourth-order valence-electron chi connectivity index (χ4n) is 3.07. The van der Waals surface area contributed by atoms with Gasteiger partial charge in [-0.2, -0.15) is 0 Å². The number of rotatable bonds is 7. The van der Waals surface area contributed by atoms with Crippen LogP contribution in [0.15, 0.2) is 48.0 Å². The van der Waals surface area contributed by atoms with Gasteiger partial charge in [0.25, 0.3) is 0 Å². The minimum atomic E-state index is -0.0351. The summed E-state index contributed by atoms with van der Waals surface area (Å²) in [5, 5.41) is 31.2. The topological polar surface area (TPSA) is 67.2 Å². The first-order valence-electron chi connectivity index (χ1n) is 9.18. The van der Waals surface area contributed by atoms with E-state index >= 15 is 0 Å². The molecule has 0 bridgehead atoms. The van der Waals surface area contributed by atoms with E-state index in [1.54, 1.807) is 23.1 Å². The summed E-state index contributed by atoms with van der Waals surface area (Å²) in [6.45, 7) is 10.5. The van der Waals surface area contributed by atoms with Gasteiger partial charge in [0.2, 0.25) is 0 Å². The smallest absolute Gasteiger partial charge is 0.139 e. The van der Waals surface area contributed by atoms with Crippen molar-refractivity contribution in [2.45, 2.75) is 27.2 Å². The number of aromatic hydroxyl groups is 3. The summed E-state index contributed by atoms with van der Waals surface area (Å²) in [7, 11) is 1.90. The molecule has 0 saturated carbocycles. The minimum absolute atomic E-state index is 0.0351. The lowest BCUT2D eigenvalue weighted by molar-refractivity contribution is 0.445. The number of benzene rings is 2. The minimum Gasteiger partial charge on any atom is -0.508 e. The van der Waals surface area contributed by atoms with E-state index in [1.807, 2.05) is 44.9 Å². The number of phenols is 3. The van der Waals surface area contributed by atoms with Gasteiger partial charge in [0.05, 0.1) is 16.4 Å². The summed E-state index contributed by atoms with van der Waals surface area (Å²) in [5.41, 5.74) is 3.38. The maximum absolute atomic E-state index is 10.5. The summed E-state index contributed by atoms with van der Waals surface area (Å²) in [6.07, 6.45) is 2.48. The molecule has 2 aromatic carbocycles. The van der Waals surface area contributed by atoms with Crippen LogP contribution < -0.4 is 9.80 Å². The van der Waals surface area contributed by atoms with Crippen LogP contribution in [0.2, 0.25) is 0 Å². The quantitative estimate of drug-likeness (QED) is 0.488. The molecule has 0 aromatic heterocycles. The second-order valence-electron chi connectivity index (χ2n) is 6.46. The van der Waals surface area contributed by atoms with Crippen LogP contribution in [0, 0.1) is 0 Å². The molecule has 0 radical (unpaired) electrons. The molecular weight excluding hydrogens is 372 g/mol. The lowest BCUT2D eigenvalue weighted by Crippen LogP contribution is -2.20. The monoisotopic (exact) mass is 400 g/mol. The van der Waals surface area contributed by atoms with E-state index in [9.17, 15) is 15.3 Å². The number of thiol groups is 1. The summed E-state index contributed by atoms with van der Waals surface area (Å²) < 4.78 is 0. The average molecular weight is 401 g/mol. The molecule has 0 amide bonds. The van der Waals surface area contributed by atoms with Crippen molar-refractivity contribution in [3.05, 3.63) is 59.1 Å². The number of phenolic OH excluding ortho intramolecular Hbond substituents is 3. The Kier molecular flexibility index (Phi) is 6.91. The molecule has 150 valence electrons. The van der Waals surface area contributed by atoms with E-state index in [2.05, 4.69) is 19.2 Å². The first-order valence-corrected chi connectivity index (χ1v) is 9.63. The van der Waals surface area contributed by atoms with E-state index < -0.39 is 0 Å². The lowest BCUT2D eigenvalue weighted by atomic mass is 10.0. The Morgan fingerprint density at radius 3 is 2.29 bits per heavy atom. The van der Waals surface area contributed by atoms with Gasteiger partial charge in [0.15, 0.2) is 0 Å². The van der Waals surface area contributed by atoms with Gasteiger partial charge in [-0.1, -0.05) is 19.6 Å². The molecule has 2 rings (SSSR count). The number of allylic oxidation sites excluding steroid dienone is 1. The second kappa shape index (κ2) is 8.97. The average Bonchev–Trinajstić information content (AvgIpc) is 2.66. The van der Waals surface area contributed by atoms with Crippen molar-refractivity contribution in [2.75, 3.05) is 23.4 Å². The van der Waals surface area contributed by atoms with Gasteiger partial charge in [0.1, 0.15) is 17.2 Å². The van der Waals surface area contributed by atoms with Crippen LogP contribution in [0.1, 0.15) is 31.9 Å². The molecule has 0 unspecified atom stereocenters. The zero-order chi connectivity index (χ0) is 21.0. The normalized spacial score (nSPS) is 11.4. The van der Waals surface area contributed by atoms with Gasteiger partial charge < -0.3 is 25.1 Å². The van der Waals surface area contributed by atoms with Gasteiger partial charge in [0, 0.05) is 30.9 Å². The maximum Gasteiger partial charge on any atom is 0.139 e. The molecule has 0 aliphatic heterocycles. The fraction of sp³-hybridized carbons (Fsp3) is 0.273. The van der Waals surface area contributed by atoms with E-state index in [1.165, 1.54) is 6.07 Å². The Balaban J connectivity index is 2.65. The molecule has 6 heteroatoms.